The van der Waals surface area contributed by atoms with E-state index in [0.29, 0.717) is 0 Å². The van der Waals surface area contributed by atoms with Gasteiger partial charge in [0.2, 0.25) is 0 Å². The van der Waals surface area contributed by atoms with Gasteiger partial charge in [0.05, 0.1) is 11.4 Å². The van der Waals surface area contributed by atoms with Gasteiger partial charge in [0.1, 0.15) is 5.69 Å². The molecule has 0 aromatic rings. The number of aryl methyl sites for hydroxylation is 1. The Morgan fingerprint density at radius 2 is 2.18 bits per heavy atom. The second-order valence-corrected chi connectivity index (χ2v) is 2.50. The molecule has 0 aliphatic carbocycles. The van der Waals surface area contributed by atoms with Crippen LogP contribution in [-0.2, 0) is 0 Å². The largest absolute Gasteiger partial charge is 0.428 e. The molecule has 11 heavy (non-hydrogen) atoms. The molecule has 3 heteroatoms. The lowest BCUT2D eigenvalue weighted by molar-refractivity contribution is 0.182. The fourth-order valence-electron chi connectivity index (χ4n) is 1.11. The van der Waals surface area contributed by atoms with Gasteiger partial charge in [-0.25, -0.2) is 0 Å². The fraction of sp³-hybridized carbons (Fsp3) is 0.125. The Hall–Kier alpha value is -1.51. The number of hydrogen-bond donors (Lipinski definition) is 1. The molecule has 0 saturated heterocycles. The summed E-state index contributed by atoms with van der Waals surface area (Å²) < 4.78 is 1.14. The summed E-state index contributed by atoms with van der Waals surface area (Å²) in [5.41, 5.74) is 2.38. The van der Waals surface area contributed by atoms with E-state index >= 15 is 0 Å². The highest BCUT2D eigenvalue weighted by Crippen LogP contribution is 2.19. The van der Waals surface area contributed by atoms with Crippen molar-refractivity contribution in [1.29, 1.82) is 0 Å². The molecule has 0 atom stereocenters. The van der Waals surface area contributed by atoms with Gasteiger partial charge in [-0.1, -0.05) is 0 Å². The van der Waals surface area contributed by atoms with Gasteiger partial charge in [-0.15, -0.1) is 0 Å². The smallest absolute Gasteiger partial charge is 0.107 e. The van der Waals surface area contributed by atoms with Gasteiger partial charge < -0.3 is 5.21 Å². The van der Waals surface area contributed by atoms with E-state index in [1.165, 1.54) is 0 Å². The van der Waals surface area contributed by atoms with Crippen molar-refractivity contribution in [2.75, 3.05) is 0 Å². The predicted octanol–water partition coefficient (Wildman–Crippen LogP) is 1.53. The van der Waals surface area contributed by atoms with Crippen LogP contribution >= 0.6 is 0 Å². The number of aromatic nitrogens is 2. The molecule has 2 aliphatic heterocycles. The molecule has 2 rings (SSSR count). The van der Waals surface area contributed by atoms with E-state index in [2.05, 4.69) is 4.98 Å². The van der Waals surface area contributed by atoms with Crippen LogP contribution in [0.5, 0.6) is 0 Å². The average Bonchev–Trinajstić information content (AvgIpc) is 2.45. The van der Waals surface area contributed by atoms with Crippen LogP contribution in [0.1, 0.15) is 5.69 Å². The zero-order chi connectivity index (χ0) is 7.84. The van der Waals surface area contributed by atoms with E-state index < -0.39 is 0 Å². The molecule has 0 amide bonds. The second kappa shape index (κ2) is 1.99. The Morgan fingerprint density at radius 3 is 3.00 bits per heavy atom. The Morgan fingerprint density at radius 1 is 1.36 bits per heavy atom. The van der Waals surface area contributed by atoms with E-state index in [1.807, 2.05) is 19.1 Å². The summed E-state index contributed by atoms with van der Waals surface area (Å²) in [5, 5.41) is 9.42. The molecule has 0 unspecified atom stereocenters. The van der Waals surface area contributed by atoms with Crippen molar-refractivity contribution in [3.8, 4) is 11.4 Å². The SMILES string of the molecule is Cc1ccc2nccc-2n1O. The monoisotopic (exact) mass is 148 g/mol. The topological polar surface area (TPSA) is 38.0 Å². The number of rotatable bonds is 0. The minimum atomic E-state index is 0.755. The molecule has 0 aromatic heterocycles. The molecule has 0 radical (unpaired) electrons. The van der Waals surface area contributed by atoms with Gasteiger partial charge in [-0.3, -0.25) is 4.98 Å². The molecule has 1 N–H and O–H groups in total. The third kappa shape index (κ3) is 0.774. The van der Waals surface area contributed by atoms with Crippen molar-refractivity contribution in [2.45, 2.75) is 6.92 Å². The standard InChI is InChI=1S/C8H8N2O/c1-6-2-3-7-8(10(6)11)4-5-9-7/h2-5,11H,1H3. The maximum Gasteiger partial charge on any atom is 0.107 e. The summed E-state index contributed by atoms with van der Waals surface area (Å²) in [4.78, 5) is 4.04. The first-order valence-corrected chi connectivity index (χ1v) is 3.41. The van der Waals surface area contributed by atoms with Crippen molar-refractivity contribution >= 4 is 0 Å². The average molecular weight is 148 g/mol. The number of hydrogen-bond acceptors (Lipinski definition) is 2. The molecule has 3 nitrogen and oxygen atoms in total. The quantitative estimate of drug-likeness (QED) is 0.575. The summed E-state index contributed by atoms with van der Waals surface area (Å²) in [6.45, 7) is 1.84. The van der Waals surface area contributed by atoms with E-state index in [1.54, 1.807) is 12.3 Å². The van der Waals surface area contributed by atoms with Crippen LogP contribution in [0, 0.1) is 6.92 Å². The Balaban J connectivity index is 2.81. The Labute approximate surface area is 64.2 Å². The van der Waals surface area contributed by atoms with Crippen molar-refractivity contribution in [3.63, 3.8) is 0 Å². The first kappa shape index (κ1) is 6.22. The minimum absolute atomic E-state index is 0.755. The third-order valence-electron chi connectivity index (χ3n) is 1.75. The van der Waals surface area contributed by atoms with Crippen LogP contribution in [-0.4, -0.2) is 14.9 Å². The first-order chi connectivity index (χ1) is 5.29. The highest BCUT2D eigenvalue weighted by atomic mass is 16.5. The van der Waals surface area contributed by atoms with Crippen LogP contribution in [0.3, 0.4) is 0 Å². The molecule has 0 spiro atoms. The molecule has 56 valence electrons. The molecule has 2 heterocycles. The molecule has 0 saturated carbocycles. The van der Waals surface area contributed by atoms with E-state index in [4.69, 9.17) is 0 Å². The molecule has 0 bridgehead atoms. The highest BCUT2D eigenvalue weighted by molar-refractivity contribution is 5.56. The lowest BCUT2D eigenvalue weighted by Crippen LogP contribution is -2.00. The Bertz CT molecular complexity index is 353. The third-order valence-corrected chi connectivity index (χ3v) is 1.75. The normalized spacial score (nSPS) is 10.6. The van der Waals surface area contributed by atoms with Crippen LogP contribution in [0.4, 0.5) is 0 Å². The van der Waals surface area contributed by atoms with Gasteiger partial charge in [-0.05, 0) is 25.1 Å². The lowest BCUT2D eigenvalue weighted by atomic mass is 10.2. The zero-order valence-corrected chi connectivity index (χ0v) is 6.15. The first-order valence-electron chi connectivity index (χ1n) is 3.41. The molecule has 0 fully saturated rings. The molecular weight excluding hydrogens is 140 g/mol. The number of pyridine rings is 1. The van der Waals surface area contributed by atoms with Crippen molar-refractivity contribution in [1.82, 2.24) is 9.71 Å². The second-order valence-electron chi connectivity index (χ2n) is 2.50. The van der Waals surface area contributed by atoms with Gasteiger partial charge in [0, 0.05) is 6.20 Å². The summed E-state index contributed by atoms with van der Waals surface area (Å²) >= 11 is 0. The number of nitrogens with zero attached hydrogens (tertiary/aromatic N) is 2. The summed E-state index contributed by atoms with van der Waals surface area (Å²) in [5.74, 6) is 0. The van der Waals surface area contributed by atoms with Crippen LogP contribution < -0.4 is 0 Å². The Kier molecular flexibility index (Phi) is 1.12. The number of fused-ring (bicyclic) bond motifs is 1. The van der Waals surface area contributed by atoms with Crippen molar-refractivity contribution < 1.29 is 5.21 Å². The van der Waals surface area contributed by atoms with Gasteiger partial charge in [-0.2, -0.15) is 4.73 Å². The van der Waals surface area contributed by atoms with Gasteiger partial charge >= 0.3 is 0 Å². The van der Waals surface area contributed by atoms with E-state index in [9.17, 15) is 5.21 Å². The fourth-order valence-corrected chi connectivity index (χ4v) is 1.11. The lowest BCUT2D eigenvalue weighted by Gasteiger charge is -2.06. The van der Waals surface area contributed by atoms with E-state index in [-0.39, 0.29) is 0 Å². The van der Waals surface area contributed by atoms with E-state index in [0.717, 1.165) is 21.8 Å². The maximum absolute atomic E-state index is 9.42. The summed E-state index contributed by atoms with van der Waals surface area (Å²) in [7, 11) is 0. The zero-order valence-electron chi connectivity index (χ0n) is 6.15. The maximum atomic E-state index is 9.42. The molecule has 0 aromatic carbocycles. The van der Waals surface area contributed by atoms with Gasteiger partial charge in [0.15, 0.2) is 0 Å². The molecular formula is C8H8N2O. The minimum Gasteiger partial charge on any atom is -0.428 e. The summed E-state index contributed by atoms with van der Waals surface area (Å²) in [6.07, 6.45) is 1.68. The van der Waals surface area contributed by atoms with Crippen molar-refractivity contribution in [3.05, 3.63) is 30.1 Å². The van der Waals surface area contributed by atoms with Gasteiger partial charge in [0.25, 0.3) is 0 Å². The van der Waals surface area contributed by atoms with Crippen LogP contribution in [0.2, 0.25) is 0 Å². The summed E-state index contributed by atoms with van der Waals surface area (Å²) in [6, 6.07) is 5.50. The van der Waals surface area contributed by atoms with Crippen LogP contribution in [0.15, 0.2) is 24.4 Å². The molecule has 2 aliphatic rings. The highest BCUT2D eigenvalue weighted by Gasteiger charge is 2.07. The van der Waals surface area contributed by atoms with Crippen molar-refractivity contribution in [2.24, 2.45) is 0 Å². The predicted molar refractivity (Wildman–Crippen MR) is 40.8 cm³/mol. The van der Waals surface area contributed by atoms with Crippen LogP contribution in [0.25, 0.3) is 11.4 Å².